The van der Waals surface area contributed by atoms with Crippen LogP contribution >= 0.6 is 27.3 Å². The maximum atomic E-state index is 11.5. The van der Waals surface area contributed by atoms with Crippen molar-refractivity contribution >= 4 is 44.1 Å². The van der Waals surface area contributed by atoms with Gasteiger partial charge in [0.05, 0.1) is 23.9 Å². The number of rotatable bonds is 4. The van der Waals surface area contributed by atoms with Gasteiger partial charge in [-0.1, -0.05) is 0 Å². The Morgan fingerprint density at radius 3 is 3.05 bits per heavy atom. The molecule has 0 saturated heterocycles. The molecule has 102 valence electrons. The fourth-order valence-electron chi connectivity index (χ4n) is 1.43. The molecule has 0 radical (unpaired) electrons. The summed E-state index contributed by atoms with van der Waals surface area (Å²) in [6.07, 6.45) is 0. The number of nitriles is 1. The molecule has 0 saturated carbocycles. The Labute approximate surface area is 128 Å². The number of hydrogen-bond acceptors (Lipinski definition) is 6. The van der Waals surface area contributed by atoms with Crippen LogP contribution in [0.2, 0.25) is 0 Å². The number of nitrogens with zero attached hydrogens (tertiary/aromatic N) is 2. The minimum absolute atomic E-state index is 0.282. The van der Waals surface area contributed by atoms with Gasteiger partial charge < -0.3 is 10.1 Å². The minimum Gasteiger partial charge on any atom is -0.461 e. The van der Waals surface area contributed by atoms with Crippen molar-refractivity contribution in [3.05, 3.63) is 39.3 Å². The Bertz CT molecular complexity index is 678. The summed E-state index contributed by atoms with van der Waals surface area (Å²) in [6.45, 7) is 2.07. The van der Waals surface area contributed by atoms with E-state index in [1.165, 1.54) is 11.3 Å². The molecule has 0 spiro atoms. The maximum Gasteiger partial charge on any atom is 0.357 e. The second kappa shape index (κ2) is 6.50. The van der Waals surface area contributed by atoms with Crippen molar-refractivity contribution in [2.75, 3.05) is 11.9 Å². The van der Waals surface area contributed by atoms with Gasteiger partial charge in [0.25, 0.3) is 0 Å². The van der Waals surface area contributed by atoms with Crippen LogP contribution in [0.3, 0.4) is 0 Å². The van der Waals surface area contributed by atoms with Crippen LogP contribution in [0.15, 0.2) is 28.1 Å². The molecule has 0 bridgehead atoms. The molecule has 2 aromatic rings. The largest absolute Gasteiger partial charge is 0.461 e. The number of carbonyl (C=O) groups is 1. The quantitative estimate of drug-likeness (QED) is 0.850. The van der Waals surface area contributed by atoms with Crippen molar-refractivity contribution in [3.8, 4) is 6.07 Å². The number of ether oxygens (including phenoxy) is 1. The molecule has 1 aromatic heterocycles. The topological polar surface area (TPSA) is 75.0 Å². The van der Waals surface area contributed by atoms with Gasteiger partial charge in [-0.3, -0.25) is 0 Å². The first-order valence-corrected chi connectivity index (χ1v) is 7.40. The number of nitrogens with one attached hydrogen (secondary N) is 1. The molecule has 5 nitrogen and oxygen atoms in total. The molecule has 0 aliphatic carbocycles. The van der Waals surface area contributed by atoms with Gasteiger partial charge in [0.15, 0.2) is 10.8 Å². The fourth-order valence-corrected chi connectivity index (χ4v) is 2.60. The second-order valence-electron chi connectivity index (χ2n) is 3.69. The standard InChI is InChI=1S/C13H10BrN3O2S/c1-2-19-12(18)11-7-20-13(17-11)16-10-4-3-8(6-15)5-9(10)14/h3-5,7H,2H2,1H3,(H,16,17). The lowest BCUT2D eigenvalue weighted by molar-refractivity contribution is 0.0520. The van der Waals surface area contributed by atoms with Crippen LogP contribution in [-0.2, 0) is 4.74 Å². The Balaban J connectivity index is 2.15. The third-order valence-electron chi connectivity index (χ3n) is 2.33. The van der Waals surface area contributed by atoms with Crippen molar-refractivity contribution in [2.45, 2.75) is 6.92 Å². The molecule has 1 aromatic carbocycles. The Morgan fingerprint density at radius 1 is 1.60 bits per heavy atom. The summed E-state index contributed by atoms with van der Waals surface area (Å²) in [5.74, 6) is -0.435. The fraction of sp³-hybridized carbons (Fsp3) is 0.154. The van der Waals surface area contributed by atoms with Crippen LogP contribution in [0.5, 0.6) is 0 Å². The zero-order valence-corrected chi connectivity index (χ0v) is 12.9. The van der Waals surface area contributed by atoms with Gasteiger partial charge in [0.2, 0.25) is 0 Å². The number of benzene rings is 1. The zero-order chi connectivity index (χ0) is 14.5. The lowest BCUT2D eigenvalue weighted by Crippen LogP contribution is -2.05. The third-order valence-corrected chi connectivity index (χ3v) is 3.74. The molecule has 0 fully saturated rings. The molecule has 1 N–H and O–H groups in total. The summed E-state index contributed by atoms with van der Waals surface area (Å²) in [6, 6.07) is 7.24. The van der Waals surface area contributed by atoms with Crippen molar-refractivity contribution in [3.63, 3.8) is 0 Å². The van der Waals surface area contributed by atoms with Gasteiger partial charge in [-0.25, -0.2) is 9.78 Å². The highest BCUT2D eigenvalue weighted by molar-refractivity contribution is 9.10. The second-order valence-corrected chi connectivity index (χ2v) is 5.40. The number of hydrogen-bond donors (Lipinski definition) is 1. The molecule has 1 heterocycles. The number of thiazole rings is 1. The molecule has 2 rings (SSSR count). The number of halogens is 1. The lowest BCUT2D eigenvalue weighted by atomic mass is 10.2. The van der Waals surface area contributed by atoms with Gasteiger partial charge in [0.1, 0.15) is 0 Å². The smallest absolute Gasteiger partial charge is 0.357 e. The summed E-state index contributed by atoms with van der Waals surface area (Å²) in [4.78, 5) is 15.7. The predicted octanol–water partition coefficient (Wildman–Crippen LogP) is 3.70. The number of aromatic nitrogens is 1. The number of carbonyl (C=O) groups excluding carboxylic acids is 1. The molecule has 0 aliphatic rings. The normalized spacial score (nSPS) is 9.85. The SMILES string of the molecule is CCOC(=O)c1csc(Nc2ccc(C#N)cc2Br)n1. The molecule has 0 amide bonds. The zero-order valence-electron chi connectivity index (χ0n) is 10.5. The van der Waals surface area contributed by atoms with E-state index in [2.05, 4.69) is 32.3 Å². The van der Waals surface area contributed by atoms with E-state index in [1.807, 2.05) is 0 Å². The highest BCUT2D eigenvalue weighted by Crippen LogP contribution is 2.28. The molecule has 0 unspecified atom stereocenters. The van der Waals surface area contributed by atoms with Crippen LogP contribution in [0, 0.1) is 11.3 Å². The summed E-state index contributed by atoms with van der Waals surface area (Å²) >= 11 is 4.69. The minimum atomic E-state index is -0.435. The first kappa shape index (κ1) is 14.5. The molecular formula is C13H10BrN3O2S. The van der Waals surface area contributed by atoms with Crippen molar-refractivity contribution in [2.24, 2.45) is 0 Å². The monoisotopic (exact) mass is 351 g/mol. The maximum absolute atomic E-state index is 11.5. The Morgan fingerprint density at radius 2 is 2.40 bits per heavy atom. The predicted molar refractivity (Wildman–Crippen MR) is 80.2 cm³/mol. The van der Waals surface area contributed by atoms with E-state index in [-0.39, 0.29) is 5.69 Å². The van der Waals surface area contributed by atoms with E-state index in [1.54, 1.807) is 30.5 Å². The average molecular weight is 352 g/mol. The Kier molecular flexibility index (Phi) is 4.71. The Hall–Kier alpha value is -1.91. The number of esters is 1. The first-order chi connectivity index (χ1) is 9.63. The highest BCUT2D eigenvalue weighted by atomic mass is 79.9. The summed E-state index contributed by atoms with van der Waals surface area (Å²) in [7, 11) is 0. The van der Waals surface area contributed by atoms with Crippen LogP contribution in [0.1, 0.15) is 23.0 Å². The van der Waals surface area contributed by atoms with Crippen LogP contribution in [-0.4, -0.2) is 17.6 Å². The molecular weight excluding hydrogens is 342 g/mol. The summed E-state index contributed by atoms with van der Waals surface area (Å²) in [5.41, 5.74) is 1.62. The first-order valence-electron chi connectivity index (χ1n) is 5.73. The molecule has 20 heavy (non-hydrogen) atoms. The van der Waals surface area contributed by atoms with Crippen molar-refractivity contribution in [1.82, 2.24) is 4.98 Å². The van der Waals surface area contributed by atoms with Crippen molar-refractivity contribution < 1.29 is 9.53 Å². The third kappa shape index (κ3) is 3.35. The molecule has 0 aliphatic heterocycles. The van der Waals surface area contributed by atoms with E-state index in [9.17, 15) is 4.79 Å². The van der Waals surface area contributed by atoms with E-state index in [0.29, 0.717) is 17.3 Å². The average Bonchev–Trinajstić information content (AvgIpc) is 2.90. The number of anilines is 2. The van der Waals surface area contributed by atoms with E-state index in [0.717, 1.165) is 10.2 Å². The van der Waals surface area contributed by atoms with E-state index in [4.69, 9.17) is 10.00 Å². The highest BCUT2D eigenvalue weighted by Gasteiger charge is 2.12. The molecule has 7 heteroatoms. The summed E-state index contributed by atoms with van der Waals surface area (Å²) < 4.78 is 5.63. The van der Waals surface area contributed by atoms with Crippen LogP contribution < -0.4 is 5.32 Å². The van der Waals surface area contributed by atoms with Gasteiger partial charge in [-0.05, 0) is 41.1 Å². The van der Waals surface area contributed by atoms with Crippen LogP contribution in [0.4, 0.5) is 10.8 Å². The van der Waals surface area contributed by atoms with E-state index < -0.39 is 5.97 Å². The van der Waals surface area contributed by atoms with Gasteiger partial charge in [-0.15, -0.1) is 11.3 Å². The van der Waals surface area contributed by atoms with Crippen LogP contribution in [0.25, 0.3) is 0 Å². The van der Waals surface area contributed by atoms with E-state index >= 15 is 0 Å². The van der Waals surface area contributed by atoms with Crippen molar-refractivity contribution in [1.29, 1.82) is 5.26 Å². The van der Waals surface area contributed by atoms with Gasteiger partial charge in [-0.2, -0.15) is 5.26 Å². The summed E-state index contributed by atoms with van der Waals surface area (Å²) in [5, 5.41) is 14.1. The lowest BCUT2D eigenvalue weighted by Gasteiger charge is -2.05. The van der Waals surface area contributed by atoms with Gasteiger partial charge >= 0.3 is 5.97 Å². The van der Waals surface area contributed by atoms with Gasteiger partial charge in [0, 0.05) is 9.85 Å². The molecule has 0 atom stereocenters.